The molecule has 0 atom stereocenters. The van der Waals surface area contributed by atoms with Crippen molar-refractivity contribution in [2.75, 3.05) is 0 Å². The van der Waals surface area contributed by atoms with Crippen molar-refractivity contribution in [3.63, 3.8) is 0 Å². The third kappa shape index (κ3) is 51.6. The predicted molar refractivity (Wildman–Crippen MR) is 122 cm³/mol. The molecule has 0 amide bonds. The van der Waals surface area contributed by atoms with Crippen molar-refractivity contribution in [1.82, 2.24) is 0 Å². The summed E-state index contributed by atoms with van der Waals surface area (Å²) in [5.41, 5.74) is 0. The van der Waals surface area contributed by atoms with Gasteiger partial charge in [-0.15, -0.1) is 0 Å². The van der Waals surface area contributed by atoms with Crippen LogP contribution in [0, 0.1) is 0 Å². The Hall–Kier alpha value is -1.12. The molecule has 0 saturated carbocycles. The second-order valence-electron chi connectivity index (χ2n) is 6.08. The van der Waals surface area contributed by atoms with Gasteiger partial charge in [0.2, 0.25) is 0 Å². The Labute approximate surface area is 171 Å². The molecule has 0 aromatic carbocycles. The Morgan fingerprint density at radius 1 is 0.704 bits per heavy atom. The molecule has 0 rings (SSSR count). The summed E-state index contributed by atoms with van der Waals surface area (Å²) < 4.78 is 0. The molecule has 0 spiro atoms. The molecule has 1 N–H and O–H groups in total. The number of aliphatic carboxylic acids is 1. The molecule has 164 valence electrons. The molecule has 3 nitrogen and oxygen atoms in total. The lowest BCUT2D eigenvalue weighted by atomic mass is 10.1. The number of Topliss-reactive ketones (excluding diaryl/α,β-unsaturated/α-hetero) is 1. The molecule has 0 aliphatic heterocycles. The first-order valence-corrected chi connectivity index (χ1v) is 11.4. The SMILES string of the molecule is CC.CC.CCC(=O)O.CCCCCCC/C=C\CCCCCCC(C)=O. The highest BCUT2D eigenvalue weighted by Crippen LogP contribution is 2.08. The van der Waals surface area contributed by atoms with Gasteiger partial charge in [-0.05, 0) is 39.0 Å². The summed E-state index contributed by atoms with van der Waals surface area (Å²) >= 11 is 0. The van der Waals surface area contributed by atoms with E-state index in [1.807, 2.05) is 27.7 Å². The van der Waals surface area contributed by atoms with E-state index >= 15 is 0 Å². The fourth-order valence-electron chi connectivity index (χ4n) is 2.09. The first-order valence-electron chi connectivity index (χ1n) is 11.4. The number of rotatable bonds is 14. The average molecular weight is 387 g/mol. The van der Waals surface area contributed by atoms with Crippen LogP contribution in [-0.2, 0) is 9.59 Å². The van der Waals surface area contributed by atoms with Crippen molar-refractivity contribution in [1.29, 1.82) is 0 Å². The zero-order valence-electron chi connectivity index (χ0n) is 19.6. The van der Waals surface area contributed by atoms with Gasteiger partial charge in [0.1, 0.15) is 5.78 Å². The number of carboxylic acid groups (broad SMARTS) is 1. The van der Waals surface area contributed by atoms with Crippen LogP contribution in [0.15, 0.2) is 12.2 Å². The van der Waals surface area contributed by atoms with E-state index in [1.165, 1.54) is 64.2 Å². The molecule has 0 fully saturated rings. The summed E-state index contributed by atoms with van der Waals surface area (Å²) in [7, 11) is 0. The summed E-state index contributed by atoms with van der Waals surface area (Å²) in [5.74, 6) is -0.414. The summed E-state index contributed by atoms with van der Waals surface area (Å²) in [6.45, 7) is 13.5. The smallest absolute Gasteiger partial charge is 0.303 e. The highest BCUT2D eigenvalue weighted by Gasteiger charge is 1.93. The number of allylic oxidation sites excluding steroid dienone is 2. The van der Waals surface area contributed by atoms with Crippen molar-refractivity contribution in [3.8, 4) is 0 Å². The van der Waals surface area contributed by atoms with Crippen molar-refractivity contribution < 1.29 is 14.7 Å². The highest BCUT2D eigenvalue weighted by atomic mass is 16.4. The monoisotopic (exact) mass is 386 g/mol. The maximum atomic E-state index is 10.7. The Morgan fingerprint density at radius 3 is 1.41 bits per heavy atom. The summed E-state index contributed by atoms with van der Waals surface area (Å²) in [6, 6.07) is 0. The van der Waals surface area contributed by atoms with Crippen molar-refractivity contribution in [3.05, 3.63) is 12.2 Å². The molecule has 0 unspecified atom stereocenters. The van der Waals surface area contributed by atoms with Crippen LogP contribution in [0.2, 0.25) is 0 Å². The first-order chi connectivity index (χ1) is 13.0. The van der Waals surface area contributed by atoms with Crippen LogP contribution >= 0.6 is 0 Å². The maximum Gasteiger partial charge on any atom is 0.303 e. The maximum absolute atomic E-state index is 10.7. The average Bonchev–Trinajstić information content (AvgIpc) is 2.69. The Kier molecular flexibility index (Phi) is 44.5. The lowest BCUT2D eigenvalue weighted by Gasteiger charge is -1.98. The minimum absolute atomic E-state index is 0.222. The van der Waals surface area contributed by atoms with E-state index in [0.717, 1.165) is 12.8 Å². The van der Waals surface area contributed by atoms with E-state index in [9.17, 15) is 9.59 Å². The van der Waals surface area contributed by atoms with Gasteiger partial charge >= 0.3 is 5.97 Å². The number of unbranched alkanes of at least 4 members (excludes halogenated alkanes) is 9. The second kappa shape index (κ2) is 35.9. The molecular weight excluding hydrogens is 336 g/mol. The number of carboxylic acids is 1. The fraction of sp³-hybridized carbons (Fsp3) is 0.833. The van der Waals surface area contributed by atoms with Crippen molar-refractivity contribution in [2.24, 2.45) is 0 Å². The van der Waals surface area contributed by atoms with Crippen LogP contribution in [-0.4, -0.2) is 16.9 Å². The van der Waals surface area contributed by atoms with E-state index in [2.05, 4.69) is 19.1 Å². The van der Waals surface area contributed by atoms with E-state index in [4.69, 9.17) is 5.11 Å². The van der Waals surface area contributed by atoms with E-state index in [1.54, 1.807) is 13.8 Å². The van der Waals surface area contributed by atoms with Crippen LogP contribution in [0.25, 0.3) is 0 Å². The zero-order chi connectivity index (χ0) is 21.8. The number of ketones is 1. The van der Waals surface area contributed by atoms with Crippen LogP contribution in [0.3, 0.4) is 0 Å². The van der Waals surface area contributed by atoms with Crippen molar-refractivity contribution >= 4 is 11.8 Å². The van der Waals surface area contributed by atoms with Gasteiger partial charge in [-0.25, -0.2) is 0 Å². The van der Waals surface area contributed by atoms with Crippen LogP contribution < -0.4 is 0 Å². The number of hydrogen-bond acceptors (Lipinski definition) is 2. The molecule has 0 heterocycles. The van der Waals surface area contributed by atoms with Gasteiger partial charge in [0.15, 0.2) is 0 Å². The predicted octanol–water partition coefficient (Wildman–Crippen LogP) is 8.37. The number of carbonyl (C=O) groups is 2. The Morgan fingerprint density at radius 2 is 1.07 bits per heavy atom. The second-order valence-corrected chi connectivity index (χ2v) is 6.08. The molecule has 27 heavy (non-hydrogen) atoms. The molecule has 0 aromatic heterocycles. The highest BCUT2D eigenvalue weighted by molar-refractivity contribution is 5.75. The minimum Gasteiger partial charge on any atom is -0.481 e. The van der Waals surface area contributed by atoms with Gasteiger partial charge in [-0.1, -0.05) is 92.2 Å². The molecule has 3 heteroatoms. The molecular formula is C24H50O3. The fourth-order valence-corrected chi connectivity index (χ4v) is 2.09. The zero-order valence-corrected chi connectivity index (χ0v) is 19.6. The third-order valence-electron chi connectivity index (χ3n) is 3.59. The van der Waals surface area contributed by atoms with Gasteiger partial charge in [-0.2, -0.15) is 0 Å². The summed E-state index contributed by atoms with van der Waals surface area (Å²) in [6.07, 6.45) is 19.9. The van der Waals surface area contributed by atoms with Gasteiger partial charge in [0.05, 0.1) is 0 Å². The lowest BCUT2D eigenvalue weighted by molar-refractivity contribution is -0.136. The van der Waals surface area contributed by atoms with Gasteiger partial charge < -0.3 is 9.90 Å². The molecule has 0 saturated heterocycles. The standard InChI is InChI=1S/C17H32O.C3H6O2.2C2H6/c1-3-4-5-6-7-8-9-10-11-12-13-14-15-16-17(2)18;1-2-3(4)5;2*1-2/h9-10H,3-8,11-16H2,1-2H3;2H2,1H3,(H,4,5);2*1-2H3/b10-9-;;;. The van der Waals surface area contributed by atoms with E-state index in [-0.39, 0.29) is 6.42 Å². The molecule has 0 aromatic rings. The van der Waals surface area contributed by atoms with Crippen LogP contribution in [0.5, 0.6) is 0 Å². The molecule has 0 aliphatic rings. The lowest BCUT2D eigenvalue weighted by Crippen LogP contribution is -1.88. The van der Waals surface area contributed by atoms with Gasteiger partial charge in [0, 0.05) is 12.8 Å². The quantitative estimate of drug-likeness (QED) is 0.241. The Balaban J connectivity index is -0.000000247. The largest absolute Gasteiger partial charge is 0.481 e. The van der Waals surface area contributed by atoms with Crippen LogP contribution in [0.4, 0.5) is 0 Å². The molecule has 0 radical (unpaired) electrons. The Bertz CT molecular complexity index is 296. The van der Waals surface area contributed by atoms with E-state index < -0.39 is 5.97 Å². The van der Waals surface area contributed by atoms with Gasteiger partial charge in [0.25, 0.3) is 0 Å². The summed E-state index contributed by atoms with van der Waals surface area (Å²) in [5, 5.41) is 7.72. The van der Waals surface area contributed by atoms with Crippen molar-refractivity contribution in [2.45, 2.75) is 132 Å². The van der Waals surface area contributed by atoms with E-state index in [0.29, 0.717) is 5.78 Å². The normalized spacial score (nSPS) is 9.30. The number of carbonyl (C=O) groups excluding carboxylic acids is 1. The van der Waals surface area contributed by atoms with Crippen LogP contribution in [0.1, 0.15) is 132 Å². The topological polar surface area (TPSA) is 54.4 Å². The molecule has 0 bridgehead atoms. The number of hydrogen-bond donors (Lipinski definition) is 1. The third-order valence-corrected chi connectivity index (χ3v) is 3.59. The summed E-state index contributed by atoms with van der Waals surface area (Å²) in [4.78, 5) is 20.1. The molecule has 0 aliphatic carbocycles. The first kappa shape index (κ1) is 33.5. The van der Waals surface area contributed by atoms with Gasteiger partial charge in [-0.3, -0.25) is 4.79 Å². The minimum atomic E-state index is -0.745.